The molecule has 1 fully saturated rings. The first-order valence-corrected chi connectivity index (χ1v) is 4.33. The summed E-state index contributed by atoms with van der Waals surface area (Å²) in [6, 6.07) is 4.52. The lowest BCUT2D eigenvalue weighted by atomic mass is 10.2. The summed E-state index contributed by atoms with van der Waals surface area (Å²) in [5.41, 5.74) is 0.666. The molecule has 0 atom stereocenters. The van der Waals surface area contributed by atoms with Crippen LogP contribution in [-0.4, -0.2) is 13.2 Å². The van der Waals surface area contributed by atoms with Crippen molar-refractivity contribution >= 4 is 11.6 Å². The fraction of sp³-hybridized carbons (Fsp3) is 0.333. The highest BCUT2D eigenvalue weighted by Crippen LogP contribution is 2.26. The fourth-order valence-electron chi connectivity index (χ4n) is 1.21. The molecule has 0 N–H and O–H groups in total. The van der Waals surface area contributed by atoms with Gasteiger partial charge in [-0.25, -0.2) is 4.39 Å². The van der Waals surface area contributed by atoms with Gasteiger partial charge in [-0.15, -0.1) is 0 Å². The molecule has 1 heterocycles. The SMILES string of the molecule is Fc1cc(C2OCCO2)ccc1Cl. The zero-order chi connectivity index (χ0) is 9.26. The smallest absolute Gasteiger partial charge is 0.184 e. The van der Waals surface area contributed by atoms with Crippen LogP contribution in [0, 0.1) is 5.82 Å². The van der Waals surface area contributed by atoms with Gasteiger partial charge in [0.15, 0.2) is 6.29 Å². The maximum atomic E-state index is 13.0. The Hall–Kier alpha value is -0.640. The summed E-state index contributed by atoms with van der Waals surface area (Å²) in [6.45, 7) is 1.10. The van der Waals surface area contributed by atoms with Gasteiger partial charge in [0.1, 0.15) is 5.82 Å². The Kier molecular flexibility index (Phi) is 2.49. The summed E-state index contributed by atoms with van der Waals surface area (Å²) >= 11 is 5.53. The van der Waals surface area contributed by atoms with Crippen molar-refractivity contribution in [1.82, 2.24) is 0 Å². The molecular weight excluding hydrogens is 195 g/mol. The van der Waals surface area contributed by atoms with Crippen molar-refractivity contribution in [2.24, 2.45) is 0 Å². The third kappa shape index (κ3) is 1.82. The number of hydrogen-bond donors (Lipinski definition) is 0. The van der Waals surface area contributed by atoms with Crippen LogP contribution in [0.1, 0.15) is 11.9 Å². The minimum Gasteiger partial charge on any atom is -0.346 e. The summed E-state index contributed by atoms with van der Waals surface area (Å²) in [4.78, 5) is 0. The zero-order valence-electron chi connectivity index (χ0n) is 6.80. The summed E-state index contributed by atoms with van der Waals surface area (Å²) in [7, 11) is 0. The molecule has 0 unspecified atom stereocenters. The van der Waals surface area contributed by atoms with Crippen LogP contribution < -0.4 is 0 Å². The standard InChI is InChI=1S/C9H8ClFO2/c10-7-2-1-6(5-8(7)11)9-12-3-4-13-9/h1-2,5,9H,3-4H2. The highest BCUT2D eigenvalue weighted by atomic mass is 35.5. The van der Waals surface area contributed by atoms with Gasteiger partial charge in [-0.1, -0.05) is 17.7 Å². The van der Waals surface area contributed by atoms with E-state index in [9.17, 15) is 4.39 Å². The minimum atomic E-state index is -0.446. The molecule has 1 aliphatic rings. The van der Waals surface area contributed by atoms with Crippen LogP contribution in [0.4, 0.5) is 4.39 Å². The molecule has 0 aliphatic carbocycles. The molecule has 1 aliphatic heterocycles. The molecule has 1 aromatic carbocycles. The summed E-state index contributed by atoms with van der Waals surface area (Å²) in [5, 5.41) is 0.113. The number of rotatable bonds is 1. The molecule has 70 valence electrons. The second kappa shape index (κ2) is 3.62. The minimum absolute atomic E-state index is 0.113. The van der Waals surface area contributed by atoms with E-state index < -0.39 is 12.1 Å². The molecule has 0 amide bonds. The first kappa shape index (κ1) is 8.94. The predicted molar refractivity (Wildman–Crippen MR) is 46.1 cm³/mol. The molecule has 0 spiro atoms. The summed E-state index contributed by atoms with van der Waals surface area (Å²) in [6.07, 6.45) is -0.438. The van der Waals surface area contributed by atoms with E-state index in [1.807, 2.05) is 0 Å². The van der Waals surface area contributed by atoms with E-state index >= 15 is 0 Å². The lowest BCUT2D eigenvalue weighted by molar-refractivity contribution is -0.0442. The maximum Gasteiger partial charge on any atom is 0.184 e. The first-order chi connectivity index (χ1) is 6.27. The van der Waals surface area contributed by atoms with Gasteiger partial charge >= 0.3 is 0 Å². The van der Waals surface area contributed by atoms with Gasteiger partial charge in [0.2, 0.25) is 0 Å². The maximum absolute atomic E-state index is 13.0. The first-order valence-electron chi connectivity index (χ1n) is 3.95. The van der Waals surface area contributed by atoms with Crippen molar-refractivity contribution < 1.29 is 13.9 Å². The summed E-state index contributed by atoms with van der Waals surface area (Å²) in [5.74, 6) is -0.446. The third-order valence-corrected chi connectivity index (χ3v) is 2.14. The van der Waals surface area contributed by atoms with E-state index in [4.69, 9.17) is 21.1 Å². The van der Waals surface area contributed by atoms with Crippen LogP contribution in [-0.2, 0) is 9.47 Å². The molecule has 0 saturated carbocycles. The average molecular weight is 203 g/mol. The van der Waals surface area contributed by atoms with Crippen molar-refractivity contribution in [3.05, 3.63) is 34.6 Å². The Morgan fingerprint density at radius 3 is 2.62 bits per heavy atom. The monoisotopic (exact) mass is 202 g/mol. The third-order valence-electron chi connectivity index (χ3n) is 1.84. The van der Waals surface area contributed by atoms with Crippen LogP contribution in [0.15, 0.2) is 18.2 Å². The van der Waals surface area contributed by atoms with Crippen LogP contribution in [0.25, 0.3) is 0 Å². The second-order valence-corrected chi connectivity index (χ2v) is 3.15. The summed E-state index contributed by atoms with van der Waals surface area (Å²) < 4.78 is 23.4. The zero-order valence-corrected chi connectivity index (χ0v) is 7.55. The van der Waals surface area contributed by atoms with Gasteiger partial charge in [-0.2, -0.15) is 0 Å². The molecule has 13 heavy (non-hydrogen) atoms. The highest BCUT2D eigenvalue weighted by Gasteiger charge is 2.18. The van der Waals surface area contributed by atoms with Crippen molar-refractivity contribution in [3.8, 4) is 0 Å². The normalized spacial score (nSPS) is 18.0. The van der Waals surface area contributed by atoms with Gasteiger partial charge in [0.25, 0.3) is 0 Å². The van der Waals surface area contributed by atoms with Crippen LogP contribution in [0.2, 0.25) is 5.02 Å². The number of halogens is 2. The topological polar surface area (TPSA) is 18.5 Å². The number of ether oxygens (including phenoxy) is 2. The quantitative estimate of drug-likeness (QED) is 0.697. The van der Waals surface area contributed by atoms with E-state index in [1.165, 1.54) is 12.1 Å². The average Bonchev–Trinajstić information content (AvgIpc) is 2.62. The Morgan fingerprint density at radius 2 is 2.00 bits per heavy atom. The lowest BCUT2D eigenvalue weighted by Crippen LogP contribution is -1.98. The van der Waals surface area contributed by atoms with E-state index in [-0.39, 0.29) is 5.02 Å². The molecule has 2 nitrogen and oxygen atoms in total. The van der Waals surface area contributed by atoms with Crippen LogP contribution in [0.5, 0.6) is 0 Å². The van der Waals surface area contributed by atoms with Gasteiger partial charge < -0.3 is 9.47 Å². The van der Waals surface area contributed by atoms with Crippen LogP contribution >= 0.6 is 11.6 Å². The van der Waals surface area contributed by atoms with Crippen molar-refractivity contribution in [3.63, 3.8) is 0 Å². The lowest BCUT2D eigenvalue weighted by Gasteiger charge is -2.08. The molecule has 2 rings (SSSR count). The van der Waals surface area contributed by atoms with Crippen molar-refractivity contribution in [2.75, 3.05) is 13.2 Å². The van der Waals surface area contributed by atoms with Gasteiger partial charge in [-0.3, -0.25) is 0 Å². The molecule has 1 aromatic rings. The Labute approximate surface area is 80.2 Å². The molecule has 1 saturated heterocycles. The van der Waals surface area contributed by atoms with Gasteiger partial charge in [0, 0.05) is 5.56 Å². The molecule has 0 aromatic heterocycles. The van der Waals surface area contributed by atoms with E-state index in [0.29, 0.717) is 18.8 Å². The van der Waals surface area contributed by atoms with E-state index in [1.54, 1.807) is 6.07 Å². The Bertz CT molecular complexity index is 310. The molecule has 0 radical (unpaired) electrons. The predicted octanol–water partition coefficient (Wildman–Crippen LogP) is 2.52. The van der Waals surface area contributed by atoms with Gasteiger partial charge in [-0.05, 0) is 12.1 Å². The largest absolute Gasteiger partial charge is 0.346 e. The van der Waals surface area contributed by atoms with E-state index in [2.05, 4.69) is 0 Å². The molecule has 4 heteroatoms. The Morgan fingerprint density at radius 1 is 1.31 bits per heavy atom. The fourth-order valence-corrected chi connectivity index (χ4v) is 1.33. The molecular formula is C9H8ClFO2. The van der Waals surface area contributed by atoms with Crippen molar-refractivity contribution in [2.45, 2.75) is 6.29 Å². The van der Waals surface area contributed by atoms with Crippen molar-refractivity contribution in [1.29, 1.82) is 0 Å². The Balaban J connectivity index is 2.25. The number of benzene rings is 1. The molecule has 0 bridgehead atoms. The van der Waals surface area contributed by atoms with E-state index in [0.717, 1.165) is 0 Å². The van der Waals surface area contributed by atoms with Crippen LogP contribution in [0.3, 0.4) is 0 Å². The number of hydrogen-bond acceptors (Lipinski definition) is 2. The highest BCUT2D eigenvalue weighted by molar-refractivity contribution is 6.30. The second-order valence-electron chi connectivity index (χ2n) is 2.75. The van der Waals surface area contributed by atoms with Gasteiger partial charge in [0.05, 0.1) is 18.2 Å².